The quantitative estimate of drug-likeness (QED) is 0.812. The van der Waals surface area contributed by atoms with Gasteiger partial charge in [-0.1, -0.05) is 6.42 Å². The van der Waals surface area contributed by atoms with Crippen molar-refractivity contribution in [2.45, 2.75) is 56.3 Å². The maximum Gasteiger partial charge on any atom is 0.418 e. The van der Waals surface area contributed by atoms with Crippen molar-refractivity contribution in [3.63, 3.8) is 0 Å². The number of carbonyl (C=O) groups excluding carboxylic acids is 1. The van der Waals surface area contributed by atoms with Crippen molar-refractivity contribution in [1.29, 1.82) is 0 Å². The second kappa shape index (κ2) is 6.71. The second-order valence-corrected chi connectivity index (χ2v) is 6.01. The summed E-state index contributed by atoms with van der Waals surface area (Å²) in [5.41, 5.74) is 3.11. The van der Waals surface area contributed by atoms with Crippen LogP contribution in [0.4, 0.5) is 13.2 Å². The molecule has 124 valence electrons. The number of likely N-dealkylation sites (tertiary alicyclic amines) is 1. The molecule has 1 aliphatic carbocycles. The average Bonchev–Trinajstić information content (AvgIpc) is 2.74. The van der Waals surface area contributed by atoms with E-state index in [4.69, 9.17) is 5.73 Å². The normalized spacial score (nSPS) is 33.7. The van der Waals surface area contributed by atoms with Gasteiger partial charge in [-0.2, -0.15) is 13.2 Å². The van der Waals surface area contributed by atoms with Crippen molar-refractivity contribution in [3.05, 3.63) is 0 Å². The van der Waals surface area contributed by atoms with Crippen LogP contribution in [0.5, 0.6) is 0 Å². The van der Waals surface area contributed by atoms with Gasteiger partial charge in [-0.25, -0.2) is 0 Å². The molecule has 1 aliphatic heterocycles. The van der Waals surface area contributed by atoms with Crippen LogP contribution in [0.25, 0.3) is 0 Å². The van der Waals surface area contributed by atoms with Crippen LogP contribution >= 0.6 is 12.4 Å². The van der Waals surface area contributed by atoms with Gasteiger partial charge in [0.15, 0.2) is 5.60 Å². The number of β-amino-alcohol motifs (C(OH)–C–C–N with tert-alkyl or cyclic N) is 1. The molecule has 8 heteroatoms. The molecule has 1 saturated carbocycles. The summed E-state index contributed by atoms with van der Waals surface area (Å²) in [6, 6.07) is -0.0368. The van der Waals surface area contributed by atoms with Crippen LogP contribution in [0.1, 0.15) is 38.5 Å². The lowest BCUT2D eigenvalue weighted by atomic mass is 9.91. The van der Waals surface area contributed by atoms with E-state index < -0.39 is 18.3 Å². The second-order valence-electron chi connectivity index (χ2n) is 6.01. The Hall–Kier alpha value is -0.530. The molecule has 1 unspecified atom stereocenters. The summed E-state index contributed by atoms with van der Waals surface area (Å²) in [6.07, 6.45) is -2.01. The van der Waals surface area contributed by atoms with E-state index in [-0.39, 0.29) is 56.1 Å². The van der Waals surface area contributed by atoms with Crippen LogP contribution in [0.3, 0.4) is 0 Å². The fourth-order valence-electron chi connectivity index (χ4n) is 3.15. The van der Waals surface area contributed by atoms with Crippen LogP contribution in [-0.2, 0) is 4.79 Å². The summed E-state index contributed by atoms with van der Waals surface area (Å²) >= 11 is 0. The Morgan fingerprint density at radius 2 is 2.00 bits per heavy atom. The van der Waals surface area contributed by atoms with Crippen LogP contribution in [-0.4, -0.2) is 46.8 Å². The highest BCUT2D eigenvalue weighted by Crippen LogP contribution is 2.37. The highest BCUT2D eigenvalue weighted by atomic mass is 35.5. The molecule has 0 aromatic carbocycles. The number of nitrogens with zero attached hydrogens (tertiary/aromatic N) is 1. The van der Waals surface area contributed by atoms with Crippen molar-refractivity contribution >= 4 is 18.3 Å². The van der Waals surface area contributed by atoms with Crippen molar-refractivity contribution in [3.8, 4) is 0 Å². The first-order valence-corrected chi connectivity index (χ1v) is 7.05. The van der Waals surface area contributed by atoms with Crippen LogP contribution < -0.4 is 5.73 Å². The van der Waals surface area contributed by atoms with Crippen LogP contribution in [0.15, 0.2) is 0 Å². The molecule has 0 aromatic heterocycles. The number of piperidine rings is 1. The molecule has 2 rings (SSSR count). The third-order valence-corrected chi connectivity index (χ3v) is 4.51. The number of alkyl halides is 3. The van der Waals surface area contributed by atoms with Gasteiger partial charge in [0.2, 0.25) is 5.91 Å². The first-order chi connectivity index (χ1) is 9.23. The molecular formula is C13H22ClF3N2O2. The molecule has 2 aliphatic rings. The molecule has 21 heavy (non-hydrogen) atoms. The number of nitrogens with two attached hydrogens (primary N) is 1. The Morgan fingerprint density at radius 3 is 2.52 bits per heavy atom. The van der Waals surface area contributed by atoms with Gasteiger partial charge in [0.25, 0.3) is 0 Å². The van der Waals surface area contributed by atoms with Gasteiger partial charge >= 0.3 is 6.18 Å². The van der Waals surface area contributed by atoms with Gasteiger partial charge in [0, 0.05) is 19.0 Å². The van der Waals surface area contributed by atoms with Crippen molar-refractivity contribution in [2.24, 2.45) is 11.7 Å². The van der Waals surface area contributed by atoms with Gasteiger partial charge in [0.05, 0.1) is 6.54 Å². The Kier molecular flexibility index (Phi) is 5.91. The Balaban J connectivity index is 0.00000220. The molecule has 0 radical (unpaired) electrons. The predicted molar refractivity (Wildman–Crippen MR) is 74.0 cm³/mol. The molecule has 3 atom stereocenters. The zero-order valence-corrected chi connectivity index (χ0v) is 12.6. The smallest absolute Gasteiger partial charge is 0.379 e. The summed E-state index contributed by atoms with van der Waals surface area (Å²) in [4.78, 5) is 13.2. The Morgan fingerprint density at radius 1 is 1.33 bits per heavy atom. The minimum absolute atomic E-state index is 0. The van der Waals surface area contributed by atoms with Gasteiger partial charge in [-0.15, -0.1) is 12.4 Å². The lowest BCUT2D eigenvalue weighted by molar-refractivity contribution is -0.272. The van der Waals surface area contributed by atoms with E-state index in [0.29, 0.717) is 0 Å². The molecule has 3 N–H and O–H groups in total. The number of hydrogen-bond acceptors (Lipinski definition) is 3. The molecule has 4 nitrogen and oxygen atoms in total. The highest BCUT2D eigenvalue weighted by Gasteiger charge is 2.55. The fraction of sp³-hybridized carbons (Fsp3) is 0.923. The Bertz CT molecular complexity index is 381. The molecule has 1 saturated heterocycles. The minimum Gasteiger partial charge on any atom is -0.379 e. The maximum atomic E-state index is 12.8. The number of aliphatic hydroxyl groups is 1. The topological polar surface area (TPSA) is 66.6 Å². The lowest BCUT2D eigenvalue weighted by Crippen LogP contribution is -2.58. The SMILES string of the molecule is Cl.N[C@@H]1CCC[C@H]1CC(=O)N1CCCC(O)(C(F)(F)F)C1. The van der Waals surface area contributed by atoms with Gasteiger partial charge in [-0.05, 0) is 31.6 Å². The van der Waals surface area contributed by atoms with E-state index in [2.05, 4.69) is 0 Å². The molecule has 1 heterocycles. The summed E-state index contributed by atoms with van der Waals surface area (Å²) < 4.78 is 38.5. The predicted octanol–water partition coefficient (Wildman–Crippen LogP) is 1.84. The number of hydrogen-bond donors (Lipinski definition) is 2. The number of halogens is 4. The standard InChI is InChI=1S/C13H21F3N2O2.ClH/c14-13(15,16)12(20)5-2-6-18(8-12)11(19)7-9-3-1-4-10(9)17;/h9-10,20H,1-8,17H2;1H/t9-,10+,12?;/m0./s1. The van der Waals surface area contributed by atoms with E-state index in [0.717, 1.165) is 24.2 Å². The zero-order valence-electron chi connectivity index (χ0n) is 11.7. The van der Waals surface area contributed by atoms with Crippen molar-refractivity contribution in [2.75, 3.05) is 13.1 Å². The first-order valence-electron chi connectivity index (χ1n) is 7.05. The number of rotatable bonds is 2. The maximum absolute atomic E-state index is 12.8. The Labute approximate surface area is 128 Å². The third kappa shape index (κ3) is 4.02. The monoisotopic (exact) mass is 330 g/mol. The summed E-state index contributed by atoms with van der Waals surface area (Å²) in [6.45, 7) is -0.378. The zero-order chi connectivity index (χ0) is 15.0. The summed E-state index contributed by atoms with van der Waals surface area (Å²) in [5, 5.41) is 9.70. The average molecular weight is 331 g/mol. The molecule has 0 bridgehead atoms. The van der Waals surface area contributed by atoms with Crippen molar-refractivity contribution < 1.29 is 23.1 Å². The molecule has 0 spiro atoms. The third-order valence-electron chi connectivity index (χ3n) is 4.51. The minimum atomic E-state index is -4.70. The molecular weight excluding hydrogens is 309 g/mol. The molecule has 2 fully saturated rings. The fourth-order valence-corrected chi connectivity index (χ4v) is 3.15. The van der Waals surface area contributed by atoms with Crippen LogP contribution in [0.2, 0.25) is 0 Å². The highest BCUT2D eigenvalue weighted by molar-refractivity contribution is 5.85. The van der Waals surface area contributed by atoms with E-state index in [1.165, 1.54) is 0 Å². The summed E-state index contributed by atoms with van der Waals surface area (Å²) in [5.74, 6) is -0.266. The molecule has 1 amide bonds. The van der Waals surface area contributed by atoms with Gasteiger partial charge in [0.1, 0.15) is 0 Å². The van der Waals surface area contributed by atoms with E-state index >= 15 is 0 Å². The van der Waals surface area contributed by atoms with E-state index in [1.54, 1.807) is 0 Å². The summed E-state index contributed by atoms with van der Waals surface area (Å²) in [7, 11) is 0. The largest absolute Gasteiger partial charge is 0.418 e. The van der Waals surface area contributed by atoms with Crippen LogP contribution in [0, 0.1) is 5.92 Å². The van der Waals surface area contributed by atoms with E-state index in [9.17, 15) is 23.1 Å². The lowest BCUT2D eigenvalue weighted by Gasteiger charge is -2.40. The van der Waals surface area contributed by atoms with Crippen molar-refractivity contribution in [1.82, 2.24) is 4.90 Å². The van der Waals surface area contributed by atoms with Gasteiger partial charge in [-0.3, -0.25) is 4.79 Å². The van der Waals surface area contributed by atoms with Gasteiger partial charge < -0.3 is 15.7 Å². The number of amides is 1. The molecule has 0 aromatic rings. The number of carbonyl (C=O) groups is 1. The first kappa shape index (κ1) is 18.5. The van der Waals surface area contributed by atoms with E-state index in [1.807, 2.05) is 0 Å².